The predicted molar refractivity (Wildman–Crippen MR) is 53.1 cm³/mol. The van der Waals surface area contributed by atoms with Gasteiger partial charge in [-0.25, -0.2) is 0 Å². The fourth-order valence-corrected chi connectivity index (χ4v) is 1.74. The maximum atomic E-state index is 5.11. The first-order valence-corrected chi connectivity index (χ1v) is 4.81. The molecule has 12 heavy (non-hydrogen) atoms. The fraction of sp³-hybridized carbons (Fsp3) is 0.556. The molecular formula is C9H15NOS. The van der Waals surface area contributed by atoms with Crippen LogP contribution in [0.15, 0.2) is 12.1 Å². The molecule has 0 aromatic carbocycles. The van der Waals surface area contributed by atoms with Crippen LogP contribution in [0.2, 0.25) is 0 Å². The van der Waals surface area contributed by atoms with Gasteiger partial charge in [0.2, 0.25) is 0 Å². The minimum Gasteiger partial charge on any atom is -0.487 e. The first kappa shape index (κ1) is 9.55. The minimum absolute atomic E-state index is 1.00. The van der Waals surface area contributed by atoms with Crippen molar-refractivity contribution >= 4 is 11.3 Å². The number of hydrogen-bond acceptors (Lipinski definition) is 3. The van der Waals surface area contributed by atoms with E-state index in [-0.39, 0.29) is 0 Å². The molecule has 0 radical (unpaired) electrons. The van der Waals surface area contributed by atoms with Crippen molar-refractivity contribution in [3.8, 4) is 5.06 Å². The van der Waals surface area contributed by atoms with E-state index in [2.05, 4.69) is 25.1 Å². The van der Waals surface area contributed by atoms with Gasteiger partial charge in [0.25, 0.3) is 0 Å². The molecule has 0 saturated carbocycles. The monoisotopic (exact) mass is 185 g/mol. The molecule has 0 atom stereocenters. The van der Waals surface area contributed by atoms with E-state index in [1.165, 1.54) is 4.88 Å². The van der Waals surface area contributed by atoms with Crippen LogP contribution in [0.25, 0.3) is 0 Å². The molecule has 0 N–H and O–H groups in total. The third-order valence-corrected chi connectivity index (χ3v) is 2.75. The third kappa shape index (κ3) is 2.83. The van der Waals surface area contributed by atoms with Gasteiger partial charge in [-0.15, -0.1) is 11.3 Å². The van der Waals surface area contributed by atoms with Gasteiger partial charge >= 0.3 is 0 Å². The molecule has 0 bridgehead atoms. The van der Waals surface area contributed by atoms with E-state index in [9.17, 15) is 0 Å². The van der Waals surface area contributed by atoms with Gasteiger partial charge in [0.05, 0.1) is 7.11 Å². The molecule has 0 amide bonds. The highest BCUT2D eigenvalue weighted by Gasteiger charge is 1.99. The summed E-state index contributed by atoms with van der Waals surface area (Å²) in [6.07, 6.45) is 1.11. The van der Waals surface area contributed by atoms with Gasteiger partial charge in [-0.3, -0.25) is 0 Å². The lowest BCUT2D eigenvalue weighted by molar-refractivity contribution is 0.415. The van der Waals surface area contributed by atoms with Gasteiger partial charge in [0.1, 0.15) is 0 Å². The third-order valence-electron chi connectivity index (χ3n) is 1.64. The van der Waals surface area contributed by atoms with Gasteiger partial charge in [0.15, 0.2) is 5.06 Å². The van der Waals surface area contributed by atoms with E-state index in [1.807, 2.05) is 6.07 Å². The average Bonchev–Trinajstić information content (AvgIpc) is 2.48. The predicted octanol–water partition coefficient (Wildman–Crippen LogP) is 1.86. The van der Waals surface area contributed by atoms with Crippen molar-refractivity contribution in [1.29, 1.82) is 0 Å². The smallest absolute Gasteiger partial charge is 0.173 e. The molecule has 0 aliphatic carbocycles. The van der Waals surface area contributed by atoms with Crippen LogP contribution in [0, 0.1) is 0 Å². The molecule has 0 aliphatic heterocycles. The quantitative estimate of drug-likeness (QED) is 0.710. The van der Waals surface area contributed by atoms with E-state index in [1.54, 1.807) is 18.4 Å². The van der Waals surface area contributed by atoms with E-state index >= 15 is 0 Å². The van der Waals surface area contributed by atoms with Crippen LogP contribution in [0.3, 0.4) is 0 Å². The van der Waals surface area contributed by atoms with Crippen molar-refractivity contribution in [1.82, 2.24) is 4.90 Å². The Morgan fingerprint density at radius 2 is 2.17 bits per heavy atom. The summed E-state index contributed by atoms with van der Waals surface area (Å²) in [5.74, 6) is 0. The zero-order valence-electron chi connectivity index (χ0n) is 7.83. The van der Waals surface area contributed by atoms with Crippen molar-refractivity contribution in [3.05, 3.63) is 17.0 Å². The highest BCUT2D eigenvalue weighted by Crippen LogP contribution is 2.23. The Hall–Kier alpha value is -0.540. The van der Waals surface area contributed by atoms with Gasteiger partial charge in [0, 0.05) is 11.4 Å². The Morgan fingerprint density at radius 1 is 1.42 bits per heavy atom. The maximum absolute atomic E-state index is 5.11. The summed E-state index contributed by atoms with van der Waals surface area (Å²) in [5, 5.41) is 1.00. The van der Waals surface area contributed by atoms with E-state index < -0.39 is 0 Å². The lowest BCUT2D eigenvalue weighted by Gasteiger charge is -2.06. The molecule has 3 heteroatoms. The standard InChI is InChI=1S/C9H15NOS/c1-10(2)7-6-8-4-5-9(11-3)12-8/h4-5H,6-7H2,1-3H3. The first-order valence-electron chi connectivity index (χ1n) is 4.00. The van der Waals surface area contributed by atoms with E-state index in [4.69, 9.17) is 4.74 Å². The summed E-state index contributed by atoms with van der Waals surface area (Å²) in [7, 11) is 5.89. The van der Waals surface area contributed by atoms with Crippen molar-refractivity contribution in [2.45, 2.75) is 6.42 Å². The van der Waals surface area contributed by atoms with E-state index in [0.717, 1.165) is 18.0 Å². The lowest BCUT2D eigenvalue weighted by atomic mass is 10.3. The number of hydrogen-bond donors (Lipinski definition) is 0. The summed E-state index contributed by atoms with van der Waals surface area (Å²) < 4.78 is 5.11. The molecule has 1 aromatic heterocycles. The highest BCUT2D eigenvalue weighted by atomic mass is 32.1. The Balaban J connectivity index is 2.41. The van der Waals surface area contributed by atoms with Gasteiger partial charge in [-0.2, -0.15) is 0 Å². The zero-order valence-corrected chi connectivity index (χ0v) is 8.65. The number of methoxy groups -OCH3 is 1. The maximum Gasteiger partial charge on any atom is 0.173 e. The molecule has 0 saturated heterocycles. The molecule has 0 aliphatic rings. The topological polar surface area (TPSA) is 12.5 Å². The minimum atomic E-state index is 1.00. The van der Waals surface area contributed by atoms with Gasteiger partial charge < -0.3 is 9.64 Å². The highest BCUT2D eigenvalue weighted by molar-refractivity contribution is 7.13. The second-order valence-electron chi connectivity index (χ2n) is 2.98. The Bertz CT molecular complexity index is 232. The Kier molecular flexibility index (Phi) is 3.56. The summed E-state index contributed by atoms with van der Waals surface area (Å²) >= 11 is 1.73. The molecule has 2 nitrogen and oxygen atoms in total. The van der Waals surface area contributed by atoms with E-state index in [0.29, 0.717) is 0 Å². The van der Waals surface area contributed by atoms with Crippen LogP contribution in [0.1, 0.15) is 4.88 Å². The number of ether oxygens (including phenoxy) is 1. The SMILES string of the molecule is COc1ccc(CCN(C)C)s1. The van der Waals surface area contributed by atoms with Crippen molar-refractivity contribution in [2.75, 3.05) is 27.7 Å². The largest absolute Gasteiger partial charge is 0.487 e. The summed E-state index contributed by atoms with van der Waals surface area (Å²) in [4.78, 5) is 3.58. The molecule has 1 rings (SSSR count). The molecule has 0 spiro atoms. The van der Waals surface area contributed by atoms with Crippen LogP contribution >= 0.6 is 11.3 Å². The second kappa shape index (κ2) is 4.48. The molecule has 1 aromatic rings. The van der Waals surface area contributed by atoms with Crippen LogP contribution in [0.4, 0.5) is 0 Å². The first-order chi connectivity index (χ1) is 5.72. The van der Waals surface area contributed by atoms with Crippen LogP contribution < -0.4 is 4.74 Å². The Morgan fingerprint density at radius 3 is 2.67 bits per heavy atom. The lowest BCUT2D eigenvalue weighted by Crippen LogP contribution is -2.14. The van der Waals surface area contributed by atoms with Crippen LogP contribution in [0.5, 0.6) is 5.06 Å². The molecule has 68 valence electrons. The van der Waals surface area contributed by atoms with Crippen LogP contribution in [-0.4, -0.2) is 32.6 Å². The van der Waals surface area contributed by atoms with Crippen molar-refractivity contribution in [3.63, 3.8) is 0 Å². The second-order valence-corrected chi connectivity index (χ2v) is 4.11. The Labute approximate surface area is 77.8 Å². The van der Waals surface area contributed by atoms with Gasteiger partial charge in [-0.05, 0) is 32.6 Å². The normalized spacial score (nSPS) is 10.7. The molecule has 0 unspecified atom stereocenters. The molecule has 0 fully saturated rings. The fourth-order valence-electron chi connectivity index (χ4n) is 0.936. The average molecular weight is 185 g/mol. The molecule has 1 heterocycles. The number of thiophene rings is 1. The van der Waals surface area contributed by atoms with Gasteiger partial charge in [-0.1, -0.05) is 0 Å². The number of likely N-dealkylation sites (N-methyl/N-ethyl adjacent to an activating group) is 1. The summed E-state index contributed by atoms with van der Waals surface area (Å²) in [6, 6.07) is 4.16. The number of nitrogens with zero attached hydrogens (tertiary/aromatic N) is 1. The van der Waals surface area contributed by atoms with Crippen molar-refractivity contribution in [2.24, 2.45) is 0 Å². The number of rotatable bonds is 4. The zero-order chi connectivity index (χ0) is 8.97. The molecular weight excluding hydrogens is 170 g/mol. The summed E-state index contributed by atoms with van der Waals surface area (Å²) in [6.45, 7) is 1.10. The van der Waals surface area contributed by atoms with Crippen LogP contribution in [-0.2, 0) is 6.42 Å². The summed E-state index contributed by atoms with van der Waals surface area (Å²) in [5.41, 5.74) is 0. The van der Waals surface area contributed by atoms with Crippen molar-refractivity contribution < 1.29 is 4.74 Å².